The van der Waals surface area contributed by atoms with Gasteiger partial charge in [-0.05, 0) is 38.0 Å². The molecule has 1 saturated heterocycles. The lowest BCUT2D eigenvalue weighted by Gasteiger charge is -2.25. The Labute approximate surface area is 189 Å². The van der Waals surface area contributed by atoms with Crippen molar-refractivity contribution in [1.29, 1.82) is 0 Å². The molecule has 0 saturated carbocycles. The Kier molecular flexibility index (Phi) is 5.90. The van der Waals surface area contributed by atoms with Gasteiger partial charge in [-0.25, -0.2) is 19.4 Å². The minimum atomic E-state index is -0.109. The van der Waals surface area contributed by atoms with Crippen LogP contribution in [0.3, 0.4) is 0 Å². The second kappa shape index (κ2) is 8.97. The molecule has 32 heavy (non-hydrogen) atoms. The molecule has 1 N–H and O–H groups in total. The SMILES string of the molecule is Cc1sc2nc(CN3CCOCC3)nc(NCCCn3nc4ccccn4c3=O)c2c1C. The molecule has 0 aromatic carbocycles. The van der Waals surface area contributed by atoms with E-state index in [1.165, 1.54) is 15.1 Å². The van der Waals surface area contributed by atoms with Crippen molar-refractivity contribution in [1.82, 2.24) is 29.0 Å². The smallest absolute Gasteiger partial charge is 0.350 e. The standard InChI is InChI=1S/C22H27N7O2S/c1-15-16(2)32-21-19(15)20(24-17(25-21)14-27-10-12-31-13-11-27)23-7-5-9-29-22(30)28-8-4-3-6-18(28)26-29/h3-4,6,8H,5,7,9-14H2,1-2H3,(H,23,24,25). The van der Waals surface area contributed by atoms with E-state index >= 15 is 0 Å². The normalized spacial score (nSPS) is 15.1. The van der Waals surface area contributed by atoms with Gasteiger partial charge in [-0.1, -0.05) is 6.07 Å². The molecule has 9 nitrogen and oxygen atoms in total. The average molecular weight is 454 g/mol. The molecule has 5 heterocycles. The van der Waals surface area contributed by atoms with Gasteiger partial charge in [0.15, 0.2) is 5.65 Å². The number of hydrogen-bond donors (Lipinski definition) is 1. The summed E-state index contributed by atoms with van der Waals surface area (Å²) in [6.07, 6.45) is 2.50. The maximum atomic E-state index is 12.5. The Morgan fingerprint density at radius 2 is 2.03 bits per heavy atom. The number of rotatable bonds is 7. The lowest BCUT2D eigenvalue weighted by atomic mass is 10.2. The van der Waals surface area contributed by atoms with Gasteiger partial charge in [-0.15, -0.1) is 16.4 Å². The summed E-state index contributed by atoms with van der Waals surface area (Å²) in [6, 6.07) is 5.56. The highest BCUT2D eigenvalue weighted by Gasteiger charge is 2.17. The quantitative estimate of drug-likeness (QED) is 0.430. The van der Waals surface area contributed by atoms with Crippen LogP contribution in [0.4, 0.5) is 5.82 Å². The van der Waals surface area contributed by atoms with Crippen LogP contribution in [0.15, 0.2) is 29.2 Å². The molecule has 0 atom stereocenters. The van der Waals surface area contributed by atoms with E-state index in [2.05, 4.69) is 29.2 Å². The molecule has 0 spiro atoms. The lowest BCUT2D eigenvalue weighted by molar-refractivity contribution is 0.0331. The van der Waals surface area contributed by atoms with Gasteiger partial charge in [0.2, 0.25) is 0 Å². The zero-order chi connectivity index (χ0) is 22.1. The molecule has 0 aliphatic carbocycles. The summed E-state index contributed by atoms with van der Waals surface area (Å²) in [5.74, 6) is 1.71. The van der Waals surface area contributed by atoms with Gasteiger partial charge >= 0.3 is 5.69 Å². The van der Waals surface area contributed by atoms with Crippen LogP contribution < -0.4 is 11.0 Å². The van der Waals surface area contributed by atoms with Crippen LogP contribution in [0.5, 0.6) is 0 Å². The van der Waals surface area contributed by atoms with Crippen molar-refractivity contribution in [3.8, 4) is 0 Å². The number of nitrogens with zero attached hydrogens (tertiary/aromatic N) is 6. The third kappa shape index (κ3) is 4.13. The Bertz CT molecular complexity index is 1300. The third-order valence-corrected chi connectivity index (χ3v) is 6.97. The van der Waals surface area contributed by atoms with Crippen LogP contribution in [0.2, 0.25) is 0 Å². The van der Waals surface area contributed by atoms with Crippen molar-refractivity contribution in [2.45, 2.75) is 33.4 Å². The highest BCUT2D eigenvalue weighted by atomic mass is 32.1. The molecule has 0 amide bonds. The zero-order valence-corrected chi connectivity index (χ0v) is 19.2. The fraction of sp³-hybridized carbons (Fsp3) is 0.455. The van der Waals surface area contributed by atoms with Gasteiger partial charge in [0.1, 0.15) is 16.5 Å². The van der Waals surface area contributed by atoms with E-state index in [4.69, 9.17) is 14.7 Å². The number of thiophene rings is 1. The summed E-state index contributed by atoms with van der Waals surface area (Å²) in [7, 11) is 0. The molecule has 168 valence electrons. The fourth-order valence-corrected chi connectivity index (χ4v) is 5.05. The van der Waals surface area contributed by atoms with E-state index in [0.717, 1.165) is 61.1 Å². The summed E-state index contributed by atoms with van der Waals surface area (Å²) >= 11 is 1.72. The number of morpholine rings is 1. The van der Waals surface area contributed by atoms with Crippen molar-refractivity contribution in [3.63, 3.8) is 0 Å². The minimum Gasteiger partial charge on any atom is -0.379 e. The van der Waals surface area contributed by atoms with E-state index in [1.807, 2.05) is 18.2 Å². The first-order valence-corrected chi connectivity index (χ1v) is 11.8. The van der Waals surface area contributed by atoms with Crippen LogP contribution >= 0.6 is 11.3 Å². The van der Waals surface area contributed by atoms with Gasteiger partial charge in [0, 0.05) is 37.3 Å². The Morgan fingerprint density at radius 1 is 1.19 bits per heavy atom. The highest BCUT2D eigenvalue weighted by Crippen LogP contribution is 2.33. The van der Waals surface area contributed by atoms with Gasteiger partial charge in [-0.3, -0.25) is 9.30 Å². The molecule has 0 radical (unpaired) electrons. The number of anilines is 1. The van der Waals surface area contributed by atoms with Crippen molar-refractivity contribution in [2.24, 2.45) is 0 Å². The second-order valence-electron chi connectivity index (χ2n) is 8.06. The van der Waals surface area contributed by atoms with Crippen LogP contribution in [-0.2, 0) is 17.8 Å². The van der Waals surface area contributed by atoms with E-state index in [9.17, 15) is 4.79 Å². The summed E-state index contributed by atoms with van der Waals surface area (Å²) in [5.41, 5.74) is 1.78. The first kappa shape index (κ1) is 21.0. The molecule has 0 unspecified atom stereocenters. The average Bonchev–Trinajstić information content (AvgIpc) is 3.27. The molecule has 10 heteroatoms. The number of pyridine rings is 1. The van der Waals surface area contributed by atoms with Crippen LogP contribution in [0.25, 0.3) is 15.9 Å². The van der Waals surface area contributed by atoms with E-state index in [-0.39, 0.29) is 5.69 Å². The highest BCUT2D eigenvalue weighted by molar-refractivity contribution is 7.18. The summed E-state index contributed by atoms with van der Waals surface area (Å²) in [6.45, 7) is 9.53. The maximum Gasteiger partial charge on any atom is 0.350 e. The van der Waals surface area contributed by atoms with Crippen molar-refractivity contribution >= 4 is 33.0 Å². The number of hydrogen-bond acceptors (Lipinski definition) is 8. The Morgan fingerprint density at radius 3 is 2.84 bits per heavy atom. The largest absolute Gasteiger partial charge is 0.379 e. The van der Waals surface area contributed by atoms with Gasteiger partial charge < -0.3 is 10.1 Å². The van der Waals surface area contributed by atoms with Gasteiger partial charge in [0.25, 0.3) is 0 Å². The fourth-order valence-electron chi connectivity index (χ4n) is 4.00. The number of aromatic nitrogens is 5. The molecule has 0 bridgehead atoms. The predicted molar refractivity (Wildman–Crippen MR) is 126 cm³/mol. The molecule has 1 fully saturated rings. The minimum absolute atomic E-state index is 0.109. The molecular weight excluding hydrogens is 426 g/mol. The van der Waals surface area contributed by atoms with Gasteiger partial charge in [-0.2, -0.15) is 0 Å². The van der Waals surface area contributed by atoms with E-state index in [1.54, 1.807) is 21.9 Å². The Balaban J connectivity index is 1.31. The van der Waals surface area contributed by atoms with E-state index in [0.29, 0.717) is 18.7 Å². The van der Waals surface area contributed by atoms with E-state index < -0.39 is 0 Å². The molecular formula is C22H27N7O2S. The summed E-state index contributed by atoms with van der Waals surface area (Å²) in [5, 5.41) is 9.01. The van der Waals surface area contributed by atoms with Crippen molar-refractivity contribution in [3.05, 3.63) is 51.1 Å². The molecule has 4 aromatic heterocycles. The third-order valence-electron chi connectivity index (χ3n) is 5.87. The molecule has 5 rings (SSSR count). The Hall–Kier alpha value is -2.82. The summed E-state index contributed by atoms with van der Waals surface area (Å²) < 4.78 is 8.55. The van der Waals surface area contributed by atoms with Crippen LogP contribution in [0.1, 0.15) is 22.7 Å². The summed E-state index contributed by atoms with van der Waals surface area (Å²) in [4.78, 5) is 26.8. The first-order valence-electron chi connectivity index (χ1n) is 10.9. The van der Waals surface area contributed by atoms with Crippen LogP contribution in [0, 0.1) is 13.8 Å². The number of aryl methyl sites for hydroxylation is 3. The van der Waals surface area contributed by atoms with Gasteiger partial charge in [0.05, 0.1) is 25.1 Å². The monoisotopic (exact) mass is 453 g/mol. The topological polar surface area (TPSA) is 89.6 Å². The molecule has 1 aliphatic rings. The van der Waals surface area contributed by atoms with Crippen LogP contribution in [-0.4, -0.2) is 61.9 Å². The first-order chi connectivity index (χ1) is 15.6. The number of nitrogens with one attached hydrogen (secondary N) is 1. The second-order valence-corrected chi connectivity index (χ2v) is 9.26. The van der Waals surface area contributed by atoms with Crippen molar-refractivity contribution < 1.29 is 4.74 Å². The lowest BCUT2D eigenvalue weighted by Crippen LogP contribution is -2.36. The predicted octanol–water partition coefficient (Wildman–Crippen LogP) is 2.45. The number of ether oxygens (including phenoxy) is 1. The molecule has 1 aliphatic heterocycles. The molecule has 4 aromatic rings. The number of fused-ring (bicyclic) bond motifs is 2. The van der Waals surface area contributed by atoms with Crippen molar-refractivity contribution in [2.75, 3.05) is 38.2 Å². The zero-order valence-electron chi connectivity index (χ0n) is 18.4. The maximum absolute atomic E-state index is 12.5.